The van der Waals surface area contributed by atoms with E-state index in [-0.39, 0.29) is 5.82 Å². The highest BCUT2D eigenvalue weighted by Crippen LogP contribution is 2.23. The summed E-state index contributed by atoms with van der Waals surface area (Å²) in [6, 6.07) is 4.92. The van der Waals surface area contributed by atoms with Crippen LogP contribution < -0.4 is 4.73 Å². The van der Waals surface area contributed by atoms with E-state index in [0.717, 1.165) is 10.3 Å². The Labute approximate surface area is 88.7 Å². The molecule has 0 bridgehead atoms. The van der Waals surface area contributed by atoms with Gasteiger partial charge in [0.05, 0.1) is 9.86 Å². The second-order valence-corrected chi connectivity index (χ2v) is 4.01. The van der Waals surface area contributed by atoms with Crippen molar-refractivity contribution in [3.8, 4) is 0 Å². The Hall–Kier alpha value is -1.16. The lowest BCUT2D eigenvalue weighted by Crippen LogP contribution is -2.30. The molecule has 0 aliphatic rings. The fraction of sp³-hybridized carbons (Fsp3) is 0.100. The van der Waals surface area contributed by atoms with Gasteiger partial charge in [0.25, 0.3) is 5.52 Å². The first-order valence-electron chi connectivity index (χ1n) is 4.09. The van der Waals surface area contributed by atoms with Crippen LogP contribution in [0, 0.1) is 12.7 Å². The van der Waals surface area contributed by atoms with Crippen LogP contribution >= 0.6 is 15.9 Å². The maximum Gasteiger partial charge on any atom is 0.267 e. The van der Waals surface area contributed by atoms with E-state index in [2.05, 4.69) is 15.9 Å². The van der Waals surface area contributed by atoms with E-state index < -0.39 is 0 Å². The summed E-state index contributed by atoms with van der Waals surface area (Å²) in [5.74, 6) is -0.353. The van der Waals surface area contributed by atoms with Gasteiger partial charge in [-0.25, -0.2) is 4.39 Å². The molecule has 0 aliphatic heterocycles. The predicted molar refractivity (Wildman–Crippen MR) is 53.7 cm³/mol. The van der Waals surface area contributed by atoms with Gasteiger partial charge in [-0.2, -0.15) is 0 Å². The van der Waals surface area contributed by atoms with Gasteiger partial charge in [0, 0.05) is 16.4 Å². The summed E-state index contributed by atoms with van der Waals surface area (Å²) in [7, 11) is 0. The first kappa shape index (κ1) is 9.40. The highest BCUT2D eigenvalue weighted by atomic mass is 79.9. The molecule has 2 aromatic rings. The number of nitrogens with zero attached hydrogens (tertiary/aromatic N) is 1. The van der Waals surface area contributed by atoms with Gasteiger partial charge in [0.2, 0.25) is 6.20 Å². The fourth-order valence-electron chi connectivity index (χ4n) is 1.42. The van der Waals surface area contributed by atoms with Crippen LogP contribution in [0.25, 0.3) is 10.9 Å². The number of benzene rings is 1. The minimum Gasteiger partial charge on any atom is -0.285 e. The number of fused-ring (bicyclic) bond motifs is 1. The zero-order valence-corrected chi connectivity index (χ0v) is 9.05. The first-order valence-corrected chi connectivity index (χ1v) is 4.88. The monoisotopic (exact) mass is 256 g/mol. The summed E-state index contributed by atoms with van der Waals surface area (Å²) in [6.45, 7) is 1.80. The average Bonchev–Trinajstić information content (AvgIpc) is 2.12. The number of halogens is 2. The van der Waals surface area contributed by atoms with E-state index >= 15 is 0 Å². The van der Waals surface area contributed by atoms with E-state index in [4.69, 9.17) is 0 Å². The lowest BCUT2D eigenvalue weighted by Gasteiger charge is -1.99. The van der Waals surface area contributed by atoms with E-state index in [1.54, 1.807) is 25.1 Å². The van der Waals surface area contributed by atoms with E-state index in [0.29, 0.717) is 15.4 Å². The second kappa shape index (κ2) is 3.20. The molecule has 4 heteroatoms. The molecule has 1 aromatic carbocycles. The molecule has 2 nitrogen and oxygen atoms in total. The van der Waals surface area contributed by atoms with Crippen molar-refractivity contribution in [1.29, 1.82) is 0 Å². The molecule has 0 radical (unpaired) electrons. The van der Waals surface area contributed by atoms with Gasteiger partial charge in [0.15, 0.2) is 5.82 Å². The normalized spacial score (nSPS) is 10.8. The smallest absolute Gasteiger partial charge is 0.267 e. The van der Waals surface area contributed by atoms with Gasteiger partial charge < -0.3 is 0 Å². The molecule has 0 amide bonds. The Morgan fingerprint density at radius 3 is 2.86 bits per heavy atom. The van der Waals surface area contributed by atoms with Gasteiger partial charge in [-0.1, -0.05) is 0 Å². The van der Waals surface area contributed by atoms with Gasteiger partial charge in [-0.15, -0.1) is 0 Å². The molecule has 0 fully saturated rings. The molecule has 1 aromatic heterocycles. The summed E-state index contributed by atoms with van der Waals surface area (Å²) >= 11 is 3.10. The molecule has 0 spiro atoms. The topological polar surface area (TPSA) is 24.1 Å². The number of aromatic nitrogens is 1. The molecular weight excluding hydrogens is 249 g/mol. The van der Waals surface area contributed by atoms with Crippen molar-refractivity contribution >= 4 is 26.8 Å². The molecule has 72 valence electrons. The maximum atomic E-state index is 13.6. The summed E-state index contributed by atoms with van der Waals surface area (Å²) in [6.07, 6.45) is 1.54. The van der Waals surface area contributed by atoms with Crippen LogP contribution in [-0.2, 0) is 0 Å². The molecule has 0 unspecified atom stereocenters. The molecule has 0 saturated carbocycles. The quantitative estimate of drug-likeness (QED) is 0.569. The number of hydrogen-bond acceptors (Lipinski definition) is 1. The highest BCUT2D eigenvalue weighted by Gasteiger charge is 2.14. The SMILES string of the molecule is Cc1cc2c(F)c(Br)ccc2[n+](O)c1. The molecule has 1 heterocycles. The third-order valence-corrected chi connectivity index (χ3v) is 2.67. The van der Waals surface area contributed by atoms with Crippen LogP contribution in [0.2, 0.25) is 0 Å². The average molecular weight is 257 g/mol. The van der Waals surface area contributed by atoms with Gasteiger partial charge in [-0.3, -0.25) is 5.21 Å². The largest absolute Gasteiger partial charge is 0.285 e. The van der Waals surface area contributed by atoms with Crippen molar-refractivity contribution in [2.45, 2.75) is 6.92 Å². The zero-order valence-electron chi connectivity index (χ0n) is 7.46. The Bertz CT molecular complexity index is 513. The lowest BCUT2D eigenvalue weighted by atomic mass is 10.1. The van der Waals surface area contributed by atoms with E-state index in [1.165, 1.54) is 6.20 Å². The highest BCUT2D eigenvalue weighted by molar-refractivity contribution is 9.10. The van der Waals surface area contributed by atoms with Crippen LogP contribution in [-0.4, -0.2) is 5.21 Å². The van der Waals surface area contributed by atoms with Crippen molar-refractivity contribution in [3.63, 3.8) is 0 Å². The van der Waals surface area contributed by atoms with Crippen molar-refractivity contribution in [3.05, 3.63) is 40.2 Å². The Balaban J connectivity index is 2.95. The Morgan fingerprint density at radius 2 is 2.14 bits per heavy atom. The van der Waals surface area contributed by atoms with Crippen LogP contribution in [0.3, 0.4) is 0 Å². The number of rotatable bonds is 0. The summed E-state index contributed by atoms with van der Waals surface area (Å²) < 4.78 is 14.9. The molecule has 0 aliphatic carbocycles. The molecule has 2 rings (SSSR count). The standard InChI is InChI=1S/C10H8BrFNO/c1-6-4-7-9(13(14)5-6)3-2-8(11)10(7)12/h2-5,14H,1H3/q+1. The van der Waals surface area contributed by atoms with Crippen LogP contribution in [0.5, 0.6) is 0 Å². The lowest BCUT2D eigenvalue weighted by molar-refractivity contribution is -0.884. The number of pyridine rings is 1. The third-order valence-electron chi connectivity index (χ3n) is 2.05. The molecular formula is C10H8BrFNO+. The van der Waals surface area contributed by atoms with E-state index in [9.17, 15) is 9.60 Å². The predicted octanol–water partition coefficient (Wildman–Crippen LogP) is 2.57. The van der Waals surface area contributed by atoms with Gasteiger partial charge in [-0.05, 0) is 35.0 Å². The maximum absolute atomic E-state index is 13.6. The fourth-order valence-corrected chi connectivity index (χ4v) is 1.77. The van der Waals surface area contributed by atoms with Crippen molar-refractivity contribution in [2.24, 2.45) is 0 Å². The first-order chi connectivity index (χ1) is 6.59. The molecule has 0 atom stereocenters. The number of aryl methyl sites for hydroxylation is 1. The third kappa shape index (κ3) is 1.35. The van der Waals surface area contributed by atoms with Crippen molar-refractivity contribution in [1.82, 2.24) is 0 Å². The van der Waals surface area contributed by atoms with Crippen LogP contribution in [0.15, 0.2) is 28.9 Å². The zero-order chi connectivity index (χ0) is 10.3. The summed E-state index contributed by atoms with van der Waals surface area (Å²) in [5, 5.41) is 9.91. The minimum atomic E-state index is -0.353. The van der Waals surface area contributed by atoms with Gasteiger partial charge >= 0.3 is 0 Å². The van der Waals surface area contributed by atoms with Crippen LogP contribution in [0.4, 0.5) is 4.39 Å². The summed E-state index contributed by atoms with van der Waals surface area (Å²) in [5.41, 5.74) is 1.26. The van der Waals surface area contributed by atoms with Crippen molar-refractivity contribution in [2.75, 3.05) is 0 Å². The molecule has 14 heavy (non-hydrogen) atoms. The molecule has 1 N–H and O–H groups in total. The molecule has 0 saturated heterocycles. The Kier molecular flexibility index (Phi) is 2.15. The van der Waals surface area contributed by atoms with Crippen LogP contribution in [0.1, 0.15) is 5.56 Å². The summed E-state index contributed by atoms with van der Waals surface area (Å²) in [4.78, 5) is 0. The number of hydrogen-bond donors (Lipinski definition) is 1. The van der Waals surface area contributed by atoms with Gasteiger partial charge in [0.1, 0.15) is 0 Å². The van der Waals surface area contributed by atoms with E-state index in [1.807, 2.05) is 0 Å². The Morgan fingerprint density at radius 1 is 1.43 bits per heavy atom. The van der Waals surface area contributed by atoms with Crippen molar-refractivity contribution < 1.29 is 14.3 Å². The minimum absolute atomic E-state index is 0.353. The second-order valence-electron chi connectivity index (χ2n) is 3.16.